The summed E-state index contributed by atoms with van der Waals surface area (Å²) < 4.78 is 5.33. The molecule has 1 amide bonds. The van der Waals surface area contributed by atoms with Crippen molar-refractivity contribution < 1.29 is 14.4 Å². The molecule has 24 heavy (non-hydrogen) atoms. The lowest BCUT2D eigenvalue weighted by Crippen LogP contribution is -2.21. The molecule has 0 radical (unpaired) electrons. The van der Waals surface area contributed by atoms with Crippen molar-refractivity contribution in [1.29, 1.82) is 0 Å². The summed E-state index contributed by atoms with van der Waals surface area (Å²) in [5.41, 5.74) is 4.80. The molecule has 7 nitrogen and oxygen atoms in total. The van der Waals surface area contributed by atoms with Gasteiger partial charge in [-0.15, -0.1) is 0 Å². The van der Waals surface area contributed by atoms with Gasteiger partial charge < -0.3 is 9.72 Å². The Balaban J connectivity index is 2.20. The van der Waals surface area contributed by atoms with Crippen LogP contribution in [0.1, 0.15) is 16.2 Å². The summed E-state index contributed by atoms with van der Waals surface area (Å²) in [5.74, 6) is 0.654. The van der Waals surface area contributed by atoms with Gasteiger partial charge in [-0.25, -0.2) is 10.5 Å². The molecular weight excluding hydrogens is 332 g/mol. The smallest absolute Gasteiger partial charge is 0.276 e. The predicted octanol–water partition coefficient (Wildman–Crippen LogP) is 2.89. The van der Waals surface area contributed by atoms with Crippen molar-refractivity contribution >= 4 is 28.4 Å². The van der Waals surface area contributed by atoms with Crippen LogP contribution in [-0.2, 0) is 4.84 Å². The lowest BCUT2D eigenvalue weighted by Gasteiger charge is -2.10. The van der Waals surface area contributed by atoms with Crippen molar-refractivity contribution in [2.75, 3.05) is 14.2 Å². The predicted molar refractivity (Wildman–Crippen MR) is 90.1 cm³/mol. The number of aromatic amines is 1. The van der Waals surface area contributed by atoms with Gasteiger partial charge in [0.15, 0.2) is 0 Å². The molecule has 0 aliphatic rings. The molecule has 0 bridgehead atoms. The van der Waals surface area contributed by atoms with E-state index in [2.05, 4.69) is 25.3 Å². The molecule has 0 aliphatic heterocycles. The van der Waals surface area contributed by atoms with E-state index in [0.717, 1.165) is 5.52 Å². The highest BCUT2D eigenvalue weighted by atomic mass is 35.5. The van der Waals surface area contributed by atoms with Gasteiger partial charge in [-0.05, 0) is 19.1 Å². The number of fused-ring (bicyclic) bond motifs is 1. The Kier molecular flexibility index (Phi) is 4.37. The summed E-state index contributed by atoms with van der Waals surface area (Å²) in [6, 6.07) is 3.55. The van der Waals surface area contributed by atoms with Crippen LogP contribution < -0.4 is 10.2 Å². The van der Waals surface area contributed by atoms with E-state index in [4.69, 9.17) is 16.3 Å². The highest BCUT2D eigenvalue weighted by Gasteiger charge is 2.17. The Morgan fingerprint density at radius 3 is 2.79 bits per heavy atom. The van der Waals surface area contributed by atoms with Crippen molar-refractivity contribution in [3.05, 3.63) is 40.9 Å². The first-order valence-corrected chi connectivity index (χ1v) is 7.45. The lowest BCUT2D eigenvalue weighted by atomic mass is 10.0. The Morgan fingerprint density at radius 1 is 1.29 bits per heavy atom. The normalized spacial score (nSPS) is 10.8. The van der Waals surface area contributed by atoms with Gasteiger partial charge in [0.2, 0.25) is 5.88 Å². The standard InChI is InChI=1S/C16H15ClN4O3/c1-8-18-7-12(16(20-8)23-2)9-4-10-11(15(22)21-24-3)6-19-14(10)5-13(9)17/h4-7,19H,1-3H3,(H,21,22). The van der Waals surface area contributed by atoms with Gasteiger partial charge in [-0.2, -0.15) is 4.98 Å². The number of rotatable bonds is 4. The second kappa shape index (κ2) is 6.46. The summed E-state index contributed by atoms with van der Waals surface area (Å²) in [7, 11) is 2.91. The maximum atomic E-state index is 12.1. The van der Waals surface area contributed by atoms with Crippen LogP contribution in [0.2, 0.25) is 5.02 Å². The minimum Gasteiger partial charge on any atom is -0.480 e. The van der Waals surface area contributed by atoms with E-state index in [1.165, 1.54) is 14.2 Å². The Hall–Kier alpha value is -2.64. The quantitative estimate of drug-likeness (QED) is 0.709. The molecule has 3 rings (SSSR count). The molecule has 2 heterocycles. The van der Waals surface area contributed by atoms with Crippen molar-refractivity contribution in [3.8, 4) is 17.0 Å². The molecule has 0 saturated heterocycles. The van der Waals surface area contributed by atoms with Gasteiger partial charge in [-0.1, -0.05) is 11.6 Å². The number of hydrogen-bond donors (Lipinski definition) is 2. The molecule has 2 N–H and O–H groups in total. The summed E-state index contributed by atoms with van der Waals surface area (Å²) in [6.45, 7) is 1.77. The number of carbonyl (C=O) groups excluding carboxylic acids is 1. The Bertz CT molecular complexity index is 923. The number of benzene rings is 1. The third-order valence-electron chi connectivity index (χ3n) is 3.57. The lowest BCUT2D eigenvalue weighted by molar-refractivity contribution is 0.0539. The van der Waals surface area contributed by atoms with Gasteiger partial charge in [0.25, 0.3) is 5.91 Å². The van der Waals surface area contributed by atoms with Gasteiger partial charge in [0, 0.05) is 28.9 Å². The van der Waals surface area contributed by atoms with E-state index >= 15 is 0 Å². The zero-order valence-electron chi connectivity index (χ0n) is 13.3. The first-order chi connectivity index (χ1) is 11.5. The van der Waals surface area contributed by atoms with Gasteiger partial charge in [0.1, 0.15) is 5.82 Å². The molecule has 8 heteroatoms. The molecule has 1 aromatic carbocycles. The summed E-state index contributed by atoms with van der Waals surface area (Å²) >= 11 is 6.40. The zero-order chi connectivity index (χ0) is 17.3. The number of hydrogen-bond acceptors (Lipinski definition) is 5. The number of hydroxylamine groups is 1. The number of H-pyrrole nitrogens is 1. The van der Waals surface area contributed by atoms with E-state index < -0.39 is 0 Å². The maximum Gasteiger partial charge on any atom is 0.276 e. The fraction of sp³-hybridized carbons (Fsp3) is 0.188. The minimum absolute atomic E-state index is 0.357. The molecule has 0 spiro atoms. The van der Waals surface area contributed by atoms with Crippen molar-refractivity contribution in [2.24, 2.45) is 0 Å². The number of aromatic nitrogens is 3. The van der Waals surface area contributed by atoms with Crippen LogP contribution in [0, 0.1) is 6.92 Å². The maximum absolute atomic E-state index is 12.1. The topological polar surface area (TPSA) is 89.1 Å². The number of amides is 1. The molecule has 0 unspecified atom stereocenters. The number of methoxy groups -OCH3 is 1. The molecule has 0 atom stereocenters. The van der Waals surface area contributed by atoms with Gasteiger partial charge in [0.05, 0.1) is 30.4 Å². The van der Waals surface area contributed by atoms with Gasteiger partial charge >= 0.3 is 0 Å². The van der Waals surface area contributed by atoms with Gasteiger partial charge in [-0.3, -0.25) is 9.63 Å². The fourth-order valence-electron chi connectivity index (χ4n) is 2.47. The number of nitrogens with one attached hydrogen (secondary N) is 2. The number of carbonyl (C=O) groups is 1. The third-order valence-corrected chi connectivity index (χ3v) is 3.88. The van der Waals surface area contributed by atoms with Crippen molar-refractivity contribution in [1.82, 2.24) is 20.4 Å². The fourth-order valence-corrected chi connectivity index (χ4v) is 2.74. The second-order valence-electron chi connectivity index (χ2n) is 5.06. The molecule has 0 fully saturated rings. The summed E-state index contributed by atoms with van der Waals surface area (Å²) in [5, 5.41) is 1.19. The molecular formula is C16H15ClN4O3. The number of halogens is 1. The molecule has 3 aromatic rings. The highest BCUT2D eigenvalue weighted by Crippen LogP contribution is 2.36. The molecule has 124 valence electrons. The van der Waals surface area contributed by atoms with E-state index in [9.17, 15) is 4.79 Å². The summed E-state index contributed by atoms with van der Waals surface area (Å²) in [6.07, 6.45) is 3.25. The molecule has 2 aromatic heterocycles. The first kappa shape index (κ1) is 16.2. The van der Waals surface area contributed by atoms with Crippen LogP contribution in [0.3, 0.4) is 0 Å². The largest absolute Gasteiger partial charge is 0.480 e. The van der Waals surface area contributed by atoms with Crippen LogP contribution in [0.4, 0.5) is 0 Å². The highest BCUT2D eigenvalue weighted by molar-refractivity contribution is 6.34. The van der Waals surface area contributed by atoms with Crippen LogP contribution >= 0.6 is 11.6 Å². The van der Waals surface area contributed by atoms with E-state index in [-0.39, 0.29) is 5.91 Å². The number of aryl methyl sites for hydroxylation is 1. The Morgan fingerprint density at radius 2 is 2.08 bits per heavy atom. The third kappa shape index (κ3) is 2.79. The average molecular weight is 347 g/mol. The van der Waals surface area contributed by atoms with Crippen LogP contribution in [0.25, 0.3) is 22.0 Å². The second-order valence-corrected chi connectivity index (χ2v) is 5.46. The minimum atomic E-state index is -0.357. The van der Waals surface area contributed by atoms with E-state index in [1.807, 2.05) is 0 Å². The number of ether oxygens (including phenoxy) is 1. The van der Waals surface area contributed by atoms with Crippen molar-refractivity contribution in [2.45, 2.75) is 6.92 Å². The number of nitrogens with zero attached hydrogens (tertiary/aromatic N) is 2. The SMILES string of the molecule is CONC(=O)c1c[nH]c2cc(Cl)c(-c3cnc(C)nc3OC)cc12. The van der Waals surface area contributed by atoms with Crippen LogP contribution in [0.5, 0.6) is 5.88 Å². The van der Waals surface area contributed by atoms with E-state index in [1.54, 1.807) is 31.5 Å². The van der Waals surface area contributed by atoms with E-state index in [0.29, 0.717) is 38.8 Å². The molecule has 0 aliphatic carbocycles. The Labute approximate surface area is 142 Å². The average Bonchev–Trinajstić information content (AvgIpc) is 2.97. The summed E-state index contributed by atoms with van der Waals surface area (Å²) in [4.78, 5) is 28.3. The molecule has 0 saturated carbocycles. The van der Waals surface area contributed by atoms with Crippen LogP contribution in [-0.4, -0.2) is 35.1 Å². The van der Waals surface area contributed by atoms with Crippen molar-refractivity contribution in [3.63, 3.8) is 0 Å². The zero-order valence-corrected chi connectivity index (χ0v) is 14.1. The first-order valence-electron chi connectivity index (χ1n) is 7.07. The monoisotopic (exact) mass is 346 g/mol. The van der Waals surface area contributed by atoms with Crippen LogP contribution in [0.15, 0.2) is 24.5 Å².